The molecule has 0 spiro atoms. The van der Waals surface area contributed by atoms with E-state index in [0.717, 1.165) is 0 Å². The van der Waals surface area contributed by atoms with E-state index in [0.29, 0.717) is 21.4 Å². The molecule has 3 atom stereocenters. The summed E-state index contributed by atoms with van der Waals surface area (Å²) in [6.45, 7) is 4.12. The molecule has 1 saturated heterocycles. The summed E-state index contributed by atoms with van der Waals surface area (Å²) in [6, 6.07) is 6.78. The normalized spacial score (nSPS) is 20.4. The molecule has 4 rings (SSSR count). The van der Waals surface area contributed by atoms with E-state index in [1.807, 2.05) is 0 Å². The van der Waals surface area contributed by atoms with Crippen LogP contribution in [0.4, 0.5) is 0 Å². The van der Waals surface area contributed by atoms with Gasteiger partial charge in [-0.25, -0.2) is 4.79 Å². The molecule has 0 amide bonds. The average molecular weight is 443 g/mol. The van der Waals surface area contributed by atoms with Crippen molar-refractivity contribution in [2.24, 2.45) is 0 Å². The second kappa shape index (κ2) is 8.38. The van der Waals surface area contributed by atoms with Gasteiger partial charge in [-0.3, -0.25) is 14.2 Å². The van der Waals surface area contributed by atoms with Crippen molar-refractivity contribution in [3.05, 3.63) is 51.7 Å². The highest BCUT2D eigenvalue weighted by Crippen LogP contribution is 2.31. The van der Waals surface area contributed by atoms with Crippen molar-refractivity contribution in [1.82, 2.24) is 19.4 Å². The highest BCUT2D eigenvalue weighted by atomic mass is 16.6. The van der Waals surface area contributed by atoms with Crippen molar-refractivity contribution >= 4 is 23.0 Å². The number of aryl methyl sites for hydroxylation is 1. The second-order valence-corrected chi connectivity index (χ2v) is 7.42. The molecule has 2 aromatic heterocycles. The van der Waals surface area contributed by atoms with Crippen molar-refractivity contribution in [1.29, 1.82) is 0 Å². The van der Waals surface area contributed by atoms with Crippen molar-refractivity contribution in [3.8, 4) is 5.82 Å². The molecule has 12 nitrogen and oxygen atoms in total. The van der Waals surface area contributed by atoms with Gasteiger partial charge in [0.25, 0.3) is 5.82 Å². The van der Waals surface area contributed by atoms with Gasteiger partial charge in [-0.05, 0) is 19.1 Å². The summed E-state index contributed by atoms with van der Waals surface area (Å²) in [6.07, 6.45) is -0.490. The highest BCUT2D eigenvalue weighted by Gasteiger charge is 2.40. The molecule has 3 aromatic rings. The molecule has 1 fully saturated rings. The molecule has 0 aliphatic carbocycles. The Labute approximate surface area is 181 Å². The Morgan fingerprint density at radius 3 is 2.75 bits per heavy atom. The third kappa shape index (κ3) is 4.04. The number of carbonyl (C=O) groups is 2. The van der Waals surface area contributed by atoms with E-state index in [9.17, 15) is 19.6 Å². The SMILES string of the molecule is CC(=O)OC[C@H]1O[C@@H](n2cc(C)c(-n3n[n+]([O-])c4ccccc43)nc2=O)C[C@H]1OC(C)=O. The van der Waals surface area contributed by atoms with Crippen LogP contribution in [0, 0.1) is 12.1 Å². The fraction of sp³-hybridized carbons (Fsp3) is 0.400. The van der Waals surface area contributed by atoms with Crippen LogP contribution in [0.15, 0.2) is 35.3 Å². The van der Waals surface area contributed by atoms with Crippen LogP contribution in [-0.4, -0.2) is 50.2 Å². The number of aromatic nitrogens is 5. The first-order valence-electron chi connectivity index (χ1n) is 9.88. The maximum absolute atomic E-state index is 12.8. The monoisotopic (exact) mass is 443 g/mol. The highest BCUT2D eigenvalue weighted by molar-refractivity contribution is 5.73. The minimum Gasteiger partial charge on any atom is -0.691 e. The fourth-order valence-corrected chi connectivity index (χ4v) is 3.68. The van der Waals surface area contributed by atoms with E-state index in [1.54, 1.807) is 37.4 Å². The quantitative estimate of drug-likeness (QED) is 0.309. The van der Waals surface area contributed by atoms with Gasteiger partial charge >= 0.3 is 17.6 Å². The van der Waals surface area contributed by atoms with Crippen molar-refractivity contribution in [2.45, 2.75) is 45.6 Å². The molecule has 32 heavy (non-hydrogen) atoms. The largest absolute Gasteiger partial charge is 0.691 e. The first-order chi connectivity index (χ1) is 15.2. The Hall–Kier alpha value is -3.80. The van der Waals surface area contributed by atoms with Gasteiger partial charge in [-0.1, -0.05) is 16.8 Å². The predicted octanol–water partition coefficient (Wildman–Crippen LogP) is 0.306. The molecule has 1 aliphatic heterocycles. The molecule has 0 radical (unpaired) electrons. The minimum atomic E-state index is -0.786. The molecule has 0 saturated carbocycles. The van der Waals surface area contributed by atoms with Gasteiger partial charge in [-0.2, -0.15) is 4.98 Å². The molecular weight excluding hydrogens is 422 g/mol. The summed E-state index contributed by atoms with van der Waals surface area (Å²) < 4.78 is 18.7. The topological polar surface area (TPSA) is 141 Å². The summed E-state index contributed by atoms with van der Waals surface area (Å²) in [5.41, 5.74) is 0.773. The molecule has 1 aliphatic rings. The summed E-state index contributed by atoms with van der Waals surface area (Å²) in [4.78, 5) is 40.1. The zero-order chi connectivity index (χ0) is 23.0. The molecule has 0 unspecified atom stereocenters. The number of hydrogen-bond donors (Lipinski definition) is 0. The summed E-state index contributed by atoms with van der Waals surface area (Å²) in [5.74, 6) is -0.802. The summed E-state index contributed by atoms with van der Waals surface area (Å²) in [7, 11) is 0. The number of rotatable bonds is 5. The van der Waals surface area contributed by atoms with Crippen LogP contribution in [0.1, 0.15) is 32.1 Å². The zero-order valence-corrected chi connectivity index (χ0v) is 17.6. The summed E-state index contributed by atoms with van der Waals surface area (Å²) >= 11 is 0. The number of carbonyl (C=O) groups excluding carboxylic acids is 2. The van der Waals surface area contributed by atoms with E-state index in [-0.39, 0.29) is 18.8 Å². The second-order valence-electron chi connectivity index (χ2n) is 7.42. The first kappa shape index (κ1) is 21.4. The van der Waals surface area contributed by atoms with Crippen LogP contribution in [0.25, 0.3) is 16.9 Å². The maximum atomic E-state index is 12.8. The lowest BCUT2D eigenvalue weighted by molar-refractivity contribution is -0.645. The summed E-state index contributed by atoms with van der Waals surface area (Å²) in [5, 5.41) is 16.0. The van der Waals surface area contributed by atoms with E-state index in [2.05, 4.69) is 10.2 Å². The zero-order valence-electron chi connectivity index (χ0n) is 17.6. The standard InChI is InChI=1S/C20H21N5O7/c1-11-9-23(18-8-16(31-13(3)27)17(32-18)10-30-12(2)26)20(28)21-19(11)24-14-6-4-5-7-15(14)25(29)22-24/h4-7,9,16-18H,8,10H2,1-3H3/t16-,17-,18-/m1/s1. The number of fused-ring (bicyclic) bond motifs is 1. The molecule has 1 aromatic carbocycles. The lowest BCUT2D eigenvalue weighted by Crippen LogP contribution is -2.32. The number of para-hydroxylation sites is 2. The van der Waals surface area contributed by atoms with Gasteiger partial charge in [0.05, 0.1) is 0 Å². The van der Waals surface area contributed by atoms with Gasteiger partial charge in [0, 0.05) is 32.0 Å². The first-order valence-corrected chi connectivity index (χ1v) is 9.88. The molecule has 0 N–H and O–H groups in total. The number of benzene rings is 1. The number of esters is 2. The fourth-order valence-electron chi connectivity index (χ4n) is 3.68. The van der Waals surface area contributed by atoms with E-state index in [1.165, 1.54) is 23.1 Å². The lowest BCUT2D eigenvalue weighted by atomic mass is 10.2. The maximum Gasteiger partial charge on any atom is 0.353 e. The molecule has 3 heterocycles. The van der Waals surface area contributed by atoms with Gasteiger partial charge < -0.3 is 19.4 Å². The van der Waals surface area contributed by atoms with E-state index in [4.69, 9.17) is 14.2 Å². The van der Waals surface area contributed by atoms with Crippen molar-refractivity contribution < 1.29 is 28.6 Å². The van der Waals surface area contributed by atoms with E-state index >= 15 is 0 Å². The van der Waals surface area contributed by atoms with Crippen molar-refractivity contribution in [2.75, 3.05) is 6.61 Å². The van der Waals surface area contributed by atoms with E-state index < -0.39 is 36.1 Å². The van der Waals surface area contributed by atoms with Crippen LogP contribution in [0.3, 0.4) is 0 Å². The predicted molar refractivity (Wildman–Crippen MR) is 108 cm³/mol. The van der Waals surface area contributed by atoms with Gasteiger partial charge in [0.15, 0.2) is 0 Å². The average Bonchev–Trinajstić information content (AvgIpc) is 3.28. The Kier molecular flexibility index (Phi) is 5.61. The molecule has 12 heteroatoms. The Balaban J connectivity index is 1.66. The number of ether oxygens (including phenoxy) is 3. The lowest BCUT2D eigenvalue weighted by Gasteiger charge is -2.17. The van der Waals surface area contributed by atoms with Crippen LogP contribution < -0.4 is 10.5 Å². The number of hydrogen-bond acceptors (Lipinski definition) is 9. The van der Waals surface area contributed by atoms with Gasteiger partial charge in [0.1, 0.15) is 30.3 Å². The Bertz CT molecular complexity index is 1250. The number of nitrogens with zero attached hydrogens (tertiary/aromatic N) is 5. The third-order valence-electron chi connectivity index (χ3n) is 5.05. The van der Waals surface area contributed by atoms with Crippen LogP contribution in [-0.2, 0) is 23.8 Å². The minimum absolute atomic E-state index is 0.119. The molecule has 0 bridgehead atoms. The van der Waals surface area contributed by atoms with Gasteiger partial charge in [0.2, 0.25) is 11.0 Å². The van der Waals surface area contributed by atoms with Gasteiger partial charge in [-0.15, -0.1) is 4.85 Å². The molecular formula is C20H21N5O7. The Morgan fingerprint density at radius 1 is 1.28 bits per heavy atom. The third-order valence-corrected chi connectivity index (χ3v) is 5.05. The Morgan fingerprint density at radius 2 is 2.03 bits per heavy atom. The van der Waals surface area contributed by atoms with Crippen molar-refractivity contribution in [3.63, 3.8) is 0 Å². The van der Waals surface area contributed by atoms with Crippen LogP contribution in [0.5, 0.6) is 0 Å². The van der Waals surface area contributed by atoms with Crippen LogP contribution >= 0.6 is 0 Å². The molecule has 168 valence electrons. The van der Waals surface area contributed by atoms with Crippen LogP contribution in [0.2, 0.25) is 0 Å². The smallest absolute Gasteiger partial charge is 0.353 e.